The lowest BCUT2D eigenvalue weighted by atomic mass is 9.94. The number of pyridine rings is 1. The average Bonchev–Trinajstić information content (AvgIpc) is 3.46. The van der Waals surface area contributed by atoms with Crippen molar-refractivity contribution in [3.63, 3.8) is 0 Å². The minimum Gasteiger partial charge on any atom is -0.294 e. The first kappa shape index (κ1) is 26.2. The monoisotopic (exact) mass is 588 g/mol. The van der Waals surface area contributed by atoms with Crippen LogP contribution < -0.4 is 4.90 Å². The highest BCUT2D eigenvalue weighted by Gasteiger charge is 2.29. The summed E-state index contributed by atoms with van der Waals surface area (Å²) in [6.45, 7) is 0. The first-order valence-corrected chi connectivity index (χ1v) is 15.5. The molecule has 0 saturated carbocycles. The van der Waals surface area contributed by atoms with Crippen LogP contribution in [0.25, 0.3) is 61.5 Å². The van der Waals surface area contributed by atoms with Crippen LogP contribution in [-0.2, 0) is 0 Å². The topological polar surface area (TPSA) is 34.0 Å². The number of para-hydroxylation sites is 2. The Hall–Kier alpha value is -6.26. The number of benzene rings is 6. The first-order chi connectivity index (χ1) is 22.8. The molecular weight excluding hydrogens is 560 g/mol. The molecule has 1 aliphatic rings. The van der Waals surface area contributed by atoms with E-state index < -0.39 is 0 Å². The summed E-state index contributed by atoms with van der Waals surface area (Å²) in [6, 6.07) is 57.6. The Morgan fingerprint density at radius 2 is 1.04 bits per heavy atom. The number of hydrogen-bond acceptors (Lipinski definition) is 3. The van der Waals surface area contributed by atoms with Crippen molar-refractivity contribution < 1.29 is 0 Å². The van der Waals surface area contributed by atoms with Crippen molar-refractivity contribution in [2.75, 3.05) is 4.90 Å². The van der Waals surface area contributed by atoms with Gasteiger partial charge >= 0.3 is 0 Å². The van der Waals surface area contributed by atoms with E-state index in [1.165, 1.54) is 11.1 Å². The molecule has 0 radical (unpaired) electrons. The summed E-state index contributed by atoms with van der Waals surface area (Å²) < 4.78 is 2.28. The fraction of sp³-hybridized carbons (Fsp3) is 0. The average molecular weight is 589 g/mol. The zero-order valence-corrected chi connectivity index (χ0v) is 25.0. The fourth-order valence-corrected chi connectivity index (χ4v) is 6.71. The second kappa shape index (κ2) is 10.7. The summed E-state index contributed by atoms with van der Waals surface area (Å²) >= 11 is 0. The van der Waals surface area contributed by atoms with Gasteiger partial charge in [0.25, 0.3) is 0 Å². The zero-order chi connectivity index (χ0) is 30.5. The third-order valence-electron chi connectivity index (χ3n) is 8.79. The molecule has 0 N–H and O–H groups in total. The number of rotatable bonds is 4. The number of hydrogen-bond donors (Lipinski definition) is 0. The Morgan fingerprint density at radius 3 is 1.78 bits per heavy atom. The molecule has 0 amide bonds. The molecule has 4 heteroatoms. The largest absolute Gasteiger partial charge is 0.294 e. The maximum Gasteiger partial charge on any atom is 0.145 e. The predicted octanol–water partition coefficient (Wildman–Crippen LogP) is 10.9. The molecule has 0 saturated heterocycles. The second-order valence-corrected chi connectivity index (χ2v) is 11.5. The van der Waals surface area contributed by atoms with Crippen molar-refractivity contribution in [1.29, 1.82) is 0 Å². The van der Waals surface area contributed by atoms with E-state index in [1.807, 2.05) is 12.3 Å². The quantitative estimate of drug-likeness (QED) is 0.205. The molecule has 216 valence electrons. The van der Waals surface area contributed by atoms with Gasteiger partial charge in [0, 0.05) is 28.6 Å². The number of anilines is 3. The molecule has 0 unspecified atom stereocenters. The molecule has 8 aromatic rings. The normalized spacial score (nSPS) is 11.9. The van der Waals surface area contributed by atoms with Gasteiger partial charge < -0.3 is 0 Å². The van der Waals surface area contributed by atoms with Crippen molar-refractivity contribution in [1.82, 2.24) is 14.5 Å². The summed E-state index contributed by atoms with van der Waals surface area (Å²) in [4.78, 5) is 12.6. The molecule has 1 aliphatic heterocycles. The number of fused-ring (bicyclic) bond motifs is 6. The Kier molecular flexibility index (Phi) is 6.10. The van der Waals surface area contributed by atoms with Crippen molar-refractivity contribution in [2.45, 2.75) is 0 Å². The van der Waals surface area contributed by atoms with Crippen molar-refractivity contribution in [3.8, 4) is 50.5 Å². The molecule has 0 bridgehead atoms. The third-order valence-corrected chi connectivity index (χ3v) is 8.79. The van der Waals surface area contributed by atoms with Crippen LogP contribution in [-0.4, -0.2) is 14.5 Å². The Morgan fingerprint density at radius 1 is 0.435 bits per heavy atom. The minimum atomic E-state index is 0.858. The van der Waals surface area contributed by atoms with Gasteiger partial charge in [0.2, 0.25) is 0 Å². The lowest BCUT2D eigenvalue weighted by molar-refractivity contribution is 1.10. The van der Waals surface area contributed by atoms with E-state index in [2.05, 4.69) is 167 Å². The molecular formula is C42H28N4. The van der Waals surface area contributed by atoms with E-state index in [1.54, 1.807) is 0 Å². The van der Waals surface area contributed by atoms with E-state index >= 15 is 0 Å². The zero-order valence-electron chi connectivity index (χ0n) is 25.0. The first-order valence-electron chi connectivity index (χ1n) is 15.5. The van der Waals surface area contributed by atoms with Crippen molar-refractivity contribution in [3.05, 3.63) is 170 Å². The molecule has 0 fully saturated rings. The van der Waals surface area contributed by atoms with Gasteiger partial charge in [0.1, 0.15) is 11.6 Å². The SMILES string of the molecule is c1ccc(-c2ccnc(N3c4ccccc4-c4ccccc4-c4cc5nc(-c6ccccc6)n(-c6ccccc6)c5cc43)c2)cc1. The van der Waals surface area contributed by atoms with Crippen LogP contribution in [0.2, 0.25) is 0 Å². The van der Waals surface area contributed by atoms with Gasteiger partial charge in [-0.05, 0) is 64.7 Å². The minimum absolute atomic E-state index is 0.858. The third kappa shape index (κ3) is 4.23. The van der Waals surface area contributed by atoms with Crippen LogP contribution >= 0.6 is 0 Å². The summed E-state index contributed by atoms with van der Waals surface area (Å²) in [5.41, 5.74) is 13.1. The summed E-state index contributed by atoms with van der Waals surface area (Å²) in [5.74, 6) is 1.77. The van der Waals surface area contributed by atoms with E-state index in [-0.39, 0.29) is 0 Å². The summed E-state index contributed by atoms with van der Waals surface area (Å²) in [6.07, 6.45) is 1.91. The van der Waals surface area contributed by atoms with Crippen LogP contribution in [0, 0.1) is 0 Å². The lowest BCUT2D eigenvalue weighted by Gasteiger charge is -2.27. The fourth-order valence-electron chi connectivity index (χ4n) is 6.71. The molecule has 0 spiro atoms. The maximum absolute atomic E-state index is 5.30. The van der Waals surface area contributed by atoms with Gasteiger partial charge in [-0.25, -0.2) is 9.97 Å². The molecule has 46 heavy (non-hydrogen) atoms. The Labute approximate surface area is 267 Å². The standard InChI is InChI=1S/C42H28N4/c1-4-14-29(15-5-1)31-24-25-43-41(26-31)46-38-23-13-12-22-35(38)33-20-10-11-21-34(33)36-27-37-40(28-39(36)46)45(32-18-8-3-9-19-32)42(44-37)30-16-6-2-7-17-30/h1-28H. The van der Waals surface area contributed by atoms with Gasteiger partial charge in [-0.3, -0.25) is 9.47 Å². The summed E-state index contributed by atoms with van der Waals surface area (Å²) in [7, 11) is 0. The molecule has 3 heterocycles. The molecule has 9 rings (SSSR count). The lowest BCUT2D eigenvalue weighted by Crippen LogP contribution is -2.13. The molecule has 0 aliphatic carbocycles. The molecule has 6 aromatic carbocycles. The van der Waals surface area contributed by atoms with Gasteiger partial charge in [0.15, 0.2) is 0 Å². The maximum atomic E-state index is 5.30. The van der Waals surface area contributed by atoms with Gasteiger partial charge in [0.05, 0.1) is 22.4 Å². The predicted molar refractivity (Wildman–Crippen MR) is 189 cm³/mol. The highest BCUT2D eigenvalue weighted by Crippen LogP contribution is 2.51. The number of imidazole rings is 1. The highest BCUT2D eigenvalue weighted by molar-refractivity contribution is 6.06. The molecule has 0 atom stereocenters. The van der Waals surface area contributed by atoms with Crippen LogP contribution in [0.3, 0.4) is 0 Å². The van der Waals surface area contributed by atoms with E-state index in [0.717, 1.165) is 67.6 Å². The summed E-state index contributed by atoms with van der Waals surface area (Å²) in [5, 5.41) is 0. The van der Waals surface area contributed by atoms with Crippen LogP contribution in [0.5, 0.6) is 0 Å². The highest BCUT2D eigenvalue weighted by atomic mass is 15.2. The Balaban J connectivity index is 1.38. The van der Waals surface area contributed by atoms with Crippen LogP contribution in [0.15, 0.2) is 170 Å². The Bertz CT molecular complexity index is 2360. The number of nitrogens with zero attached hydrogens (tertiary/aromatic N) is 4. The van der Waals surface area contributed by atoms with Crippen LogP contribution in [0.1, 0.15) is 0 Å². The van der Waals surface area contributed by atoms with E-state index in [9.17, 15) is 0 Å². The van der Waals surface area contributed by atoms with Crippen LogP contribution in [0.4, 0.5) is 17.2 Å². The second-order valence-electron chi connectivity index (χ2n) is 11.5. The van der Waals surface area contributed by atoms with Gasteiger partial charge in [-0.1, -0.05) is 121 Å². The molecule has 4 nitrogen and oxygen atoms in total. The van der Waals surface area contributed by atoms with E-state index in [0.29, 0.717) is 0 Å². The van der Waals surface area contributed by atoms with Gasteiger partial charge in [-0.15, -0.1) is 0 Å². The number of aromatic nitrogens is 3. The van der Waals surface area contributed by atoms with E-state index in [4.69, 9.17) is 9.97 Å². The van der Waals surface area contributed by atoms with Gasteiger partial charge in [-0.2, -0.15) is 0 Å². The molecule has 2 aromatic heterocycles. The van der Waals surface area contributed by atoms with Crippen molar-refractivity contribution in [2.24, 2.45) is 0 Å². The smallest absolute Gasteiger partial charge is 0.145 e. The van der Waals surface area contributed by atoms with Crippen molar-refractivity contribution >= 4 is 28.2 Å².